The van der Waals surface area contributed by atoms with Gasteiger partial charge < -0.3 is 19.7 Å². The Morgan fingerprint density at radius 3 is 2.50 bits per heavy atom. The number of hydrogen-bond donors (Lipinski definition) is 3. The highest BCUT2D eigenvalue weighted by Crippen LogP contribution is 2.69. The fraction of sp³-hybridized carbons (Fsp3) is 0.750. The van der Waals surface area contributed by atoms with Crippen LogP contribution >= 0.6 is 0 Å². The molecule has 1 aromatic rings. The number of fused-ring (bicyclic) bond motifs is 5. The second kappa shape index (κ2) is 6.50. The number of ketones is 1. The molecule has 9 atom stereocenters. The van der Waals surface area contributed by atoms with Crippen LogP contribution in [0.5, 0.6) is 0 Å². The molecular formula is C24H32O6. The van der Waals surface area contributed by atoms with Crippen molar-refractivity contribution in [3.8, 4) is 0 Å². The van der Waals surface area contributed by atoms with E-state index in [0.29, 0.717) is 25.7 Å². The molecule has 0 amide bonds. The summed E-state index contributed by atoms with van der Waals surface area (Å²) in [5.74, 6) is -0.769. The van der Waals surface area contributed by atoms with Crippen molar-refractivity contribution in [2.24, 2.45) is 28.6 Å². The van der Waals surface area contributed by atoms with Crippen molar-refractivity contribution in [1.29, 1.82) is 0 Å². The summed E-state index contributed by atoms with van der Waals surface area (Å²) in [6.45, 7) is 3.96. The smallest absolute Gasteiger partial charge is 0.335 e. The van der Waals surface area contributed by atoms with Crippen LogP contribution in [0.3, 0.4) is 0 Å². The van der Waals surface area contributed by atoms with Gasteiger partial charge in [-0.15, -0.1) is 0 Å². The molecule has 1 heterocycles. The van der Waals surface area contributed by atoms with E-state index in [0.717, 1.165) is 24.8 Å². The summed E-state index contributed by atoms with van der Waals surface area (Å²) in [5.41, 5.74) is -2.29. The first-order valence-corrected chi connectivity index (χ1v) is 11.3. The van der Waals surface area contributed by atoms with Gasteiger partial charge in [-0.2, -0.15) is 0 Å². The fourth-order valence-corrected chi connectivity index (χ4v) is 8.13. The van der Waals surface area contributed by atoms with Crippen molar-refractivity contribution < 1.29 is 24.5 Å². The number of rotatable bonds is 1. The van der Waals surface area contributed by atoms with Gasteiger partial charge in [-0.3, -0.25) is 4.79 Å². The van der Waals surface area contributed by atoms with Crippen LogP contribution in [0.4, 0.5) is 0 Å². The lowest BCUT2D eigenvalue weighted by Crippen LogP contribution is -2.70. The Balaban J connectivity index is 1.58. The number of aliphatic hydroxyl groups excluding tert-OH is 2. The standard InChI is InChI=1S/C24H32O6/c1-22-9-7-15(25)11-14(22)4-5-17-19(22)20(27)21(28)23(2)16(8-10-24(17,23)29)13-3-6-18(26)30-12-13/h3,6,12,14-17,19-20,25,27,29H,4-5,7-11H2,1-2H3. The number of carbonyl (C=O) groups excluding carboxylic acids is 1. The molecule has 0 saturated heterocycles. The SMILES string of the molecule is CC12CCC(O)CC1CCC1C2C(O)C(=O)C2(C)C(c3ccc(=O)oc3)CCC12O. The predicted molar refractivity (Wildman–Crippen MR) is 109 cm³/mol. The quantitative estimate of drug-likeness (QED) is 0.649. The van der Waals surface area contributed by atoms with Gasteiger partial charge in [0.2, 0.25) is 0 Å². The Hall–Kier alpha value is -1.50. The fourth-order valence-electron chi connectivity index (χ4n) is 8.13. The van der Waals surface area contributed by atoms with Crippen molar-refractivity contribution >= 4 is 5.78 Å². The molecule has 1 aromatic heterocycles. The highest BCUT2D eigenvalue weighted by atomic mass is 16.4. The zero-order chi connectivity index (χ0) is 21.5. The molecule has 6 nitrogen and oxygen atoms in total. The summed E-state index contributed by atoms with van der Waals surface area (Å²) in [4.78, 5) is 25.2. The molecule has 4 fully saturated rings. The van der Waals surface area contributed by atoms with E-state index >= 15 is 0 Å². The van der Waals surface area contributed by atoms with Gasteiger partial charge in [-0.1, -0.05) is 6.92 Å². The van der Waals surface area contributed by atoms with Crippen LogP contribution in [0.15, 0.2) is 27.6 Å². The minimum Gasteiger partial charge on any atom is -0.431 e. The van der Waals surface area contributed by atoms with E-state index in [4.69, 9.17) is 4.42 Å². The zero-order valence-electron chi connectivity index (χ0n) is 17.7. The highest BCUT2D eigenvalue weighted by Gasteiger charge is 2.73. The molecule has 6 heteroatoms. The summed E-state index contributed by atoms with van der Waals surface area (Å²) in [5, 5.41) is 33.7. The average molecular weight is 417 g/mol. The first-order valence-electron chi connectivity index (χ1n) is 11.3. The monoisotopic (exact) mass is 416 g/mol. The van der Waals surface area contributed by atoms with Crippen LogP contribution < -0.4 is 5.63 Å². The third-order valence-electron chi connectivity index (χ3n) is 9.80. The molecule has 4 saturated carbocycles. The highest BCUT2D eigenvalue weighted by molar-refractivity contribution is 5.93. The first kappa shape index (κ1) is 20.4. The molecule has 9 unspecified atom stereocenters. The van der Waals surface area contributed by atoms with Crippen LogP contribution in [0, 0.1) is 28.6 Å². The Labute approximate surface area is 176 Å². The minimum atomic E-state index is -1.20. The van der Waals surface area contributed by atoms with Gasteiger partial charge in [0, 0.05) is 17.9 Å². The topological polar surface area (TPSA) is 108 Å². The molecule has 0 radical (unpaired) electrons. The molecule has 0 bridgehead atoms. The van der Waals surface area contributed by atoms with Gasteiger partial charge >= 0.3 is 5.63 Å². The van der Waals surface area contributed by atoms with Crippen LogP contribution in [0.1, 0.15) is 70.3 Å². The minimum absolute atomic E-state index is 0.160. The second-order valence-electron chi connectivity index (χ2n) is 10.8. The Morgan fingerprint density at radius 2 is 1.80 bits per heavy atom. The van der Waals surface area contributed by atoms with E-state index in [1.165, 1.54) is 12.3 Å². The van der Waals surface area contributed by atoms with Crippen LogP contribution in [-0.4, -0.2) is 38.9 Å². The molecular weight excluding hydrogens is 384 g/mol. The molecule has 0 spiro atoms. The van der Waals surface area contributed by atoms with Crippen molar-refractivity contribution in [2.75, 3.05) is 0 Å². The average Bonchev–Trinajstić information content (AvgIpc) is 3.00. The van der Waals surface area contributed by atoms with E-state index in [-0.39, 0.29) is 41.0 Å². The third kappa shape index (κ3) is 2.41. The number of hydrogen-bond acceptors (Lipinski definition) is 6. The van der Waals surface area contributed by atoms with Crippen molar-refractivity contribution in [3.05, 3.63) is 34.4 Å². The Morgan fingerprint density at radius 1 is 1.03 bits per heavy atom. The Kier molecular flexibility index (Phi) is 4.42. The van der Waals surface area contributed by atoms with Crippen molar-refractivity contribution in [3.63, 3.8) is 0 Å². The largest absolute Gasteiger partial charge is 0.431 e. The summed E-state index contributed by atoms with van der Waals surface area (Å²) < 4.78 is 5.06. The van der Waals surface area contributed by atoms with E-state index in [9.17, 15) is 24.9 Å². The van der Waals surface area contributed by atoms with Crippen LogP contribution in [0.25, 0.3) is 0 Å². The van der Waals surface area contributed by atoms with E-state index in [1.54, 1.807) is 13.0 Å². The van der Waals surface area contributed by atoms with E-state index < -0.39 is 22.7 Å². The third-order valence-corrected chi connectivity index (χ3v) is 9.80. The molecule has 4 aliphatic carbocycles. The summed E-state index contributed by atoms with van der Waals surface area (Å²) in [6, 6.07) is 3.03. The lowest BCUT2D eigenvalue weighted by Gasteiger charge is -2.64. The maximum atomic E-state index is 13.8. The predicted octanol–water partition coefficient (Wildman–Crippen LogP) is 2.39. The normalized spacial score (nSPS) is 50.5. The molecule has 30 heavy (non-hydrogen) atoms. The summed E-state index contributed by atoms with van der Waals surface area (Å²) in [6.07, 6.45) is 4.88. The molecule has 164 valence electrons. The zero-order valence-corrected chi connectivity index (χ0v) is 17.7. The van der Waals surface area contributed by atoms with Gasteiger partial charge in [0.05, 0.1) is 23.4 Å². The number of aliphatic hydroxyl groups is 3. The number of carbonyl (C=O) groups is 1. The number of Topliss-reactive ketones (excluding diaryl/α,β-unsaturated/α-hetero) is 1. The van der Waals surface area contributed by atoms with Crippen molar-refractivity contribution in [2.45, 2.75) is 82.5 Å². The van der Waals surface area contributed by atoms with Gasteiger partial charge in [0.25, 0.3) is 0 Å². The van der Waals surface area contributed by atoms with Crippen LogP contribution in [0.2, 0.25) is 0 Å². The first-order chi connectivity index (χ1) is 14.1. The molecule has 3 N–H and O–H groups in total. The lowest BCUT2D eigenvalue weighted by molar-refractivity contribution is -0.228. The summed E-state index contributed by atoms with van der Waals surface area (Å²) in [7, 11) is 0. The van der Waals surface area contributed by atoms with E-state index in [2.05, 4.69) is 6.92 Å². The van der Waals surface area contributed by atoms with Gasteiger partial charge in [0.15, 0.2) is 5.78 Å². The van der Waals surface area contributed by atoms with Crippen LogP contribution in [-0.2, 0) is 4.79 Å². The van der Waals surface area contributed by atoms with Gasteiger partial charge in [-0.25, -0.2) is 4.79 Å². The molecule has 5 rings (SSSR count). The maximum Gasteiger partial charge on any atom is 0.335 e. The lowest BCUT2D eigenvalue weighted by atomic mass is 9.42. The molecule has 4 aliphatic rings. The molecule has 0 aliphatic heterocycles. The second-order valence-corrected chi connectivity index (χ2v) is 10.8. The van der Waals surface area contributed by atoms with Gasteiger partial charge in [0.1, 0.15) is 6.10 Å². The molecule has 0 aromatic carbocycles. The maximum absolute atomic E-state index is 13.8. The Bertz CT molecular complexity index is 904. The summed E-state index contributed by atoms with van der Waals surface area (Å²) >= 11 is 0. The van der Waals surface area contributed by atoms with Crippen molar-refractivity contribution in [1.82, 2.24) is 0 Å². The van der Waals surface area contributed by atoms with E-state index in [1.807, 2.05) is 0 Å². The van der Waals surface area contributed by atoms with Gasteiger partial charge in [-0.05, 0) is 80.8 Å².